The number of carbonyl (C=O) groups is 2. The highest BCUT2D eigenvalue weighted by atomic mass is 35.5. The van der Waals surface area contributed by atoms with Crippen molar-refractivity contribution in [3.63, 3.8) is 0 Å². The lowest BCUT2D eigenvalue weighted by Gasteiger charge is -2.35. The first kappa shape index (κ1) is 23.0. The van der Waals surface area contributed by atoms with Crippen molar-refractivity contribution in [1.82, 2.24) is 9.88 Å². The predicted molar refractivity (Wildman–Crippen MR) is 125 cm³/mol. The van der Waals surface area contributed by atoms with E-state index in [1.165, 1.54) is 22.6 Å². The highest BCUT2D eigenvalue weighted by Crippen LogP contribution is 2.38. The number of pyridine rings is 1. The molecule has 2 bridgehead atoms. The Morgan fingerprint density at radius 2 is 1.91 bits per heavy atom. The Bertz CT molecular complexity index is 1450. The summed E-state index contributed by atoms with van der Waals surface area (Å²) >= 11 is 6.12. The van der Waals surface area contributed by atoms with Crippen LogP contribution >= 0.6 is 11.6 Å². The Balaban J connectivity index is 1.50. The smallest absolute Gasteiger partial charge is 0.279 e. The number of hydrogen-bond acceptors (Lipinski definition) is 4. The molecule has 0 radical (unpaired) electrons. The number of anilines is 1. The monoisotopic (exact) mass is 499 g/mol. The minimum absolute atomic E-state index is 0.207. The molecule has 2 aliphatic heterocycles. The van der Waals surface area contributed by atoms with E-state index in [0.717, 1.165) is 17.7 Å². The van der Waals surface area contributed by atoms with Crippen molar-refractivity contribution in [2.45, 2.75) is 32.4 Å². The average Bonchev–Trinajstić information content (AvgIpc) is 2.96. The van der Waals surface area contributed by atoms with Crippen LogP contribution in [0.2, 0.25) is 5.02 Å². The summed E-state index contributed by atoms with van der Waals surface area (Å²) in [4.78, 5) is 40.5. The summed E-state index contributed by atoms with van der Waals surface area (Å²) in [5.41, 5.74) is -0.112. The van der Waals surface area contributed by atoms with Crippen LogP contribution in [0.25, 0.3) is 0 Å². The SMILES string of the molecule is Cc1cc(F)c(CNC(=O)c2cn3c(c(O)c2=O)C(=O)N2C[C@H]3CCc3cc(Cl)ccc32)c(F)c1. The van der Waals surface area contributed by atoms with E-state index in [-0.39, 0.29) is 23.8 Å². The topological polar surface area (TPSA) is 91.6 Å². The van der Waals surface area contributed by atoms with Crippen LogP contribution in [-0.4, -0.2) is 28.0 Å². The molecule has 0 spiro atoms. The van der Waals surface area contributed by atoms with Gasteiger partial charge in [0.2, 0.25) is 5.43 Å². The fourth-order valence-corrected chi connectivity index (χ4v) is 4.93. The summed E-state index contributed by atoms with van der Waals surface area (Å²) in [5, 5.41) is 13.6. The van der Waals surface area contributed by atoms with E-state index in [9.17, 15) is 28.3 Å². The number of aromatic nitrogens is 1. The molecule has 0 aliphatic carbocycles. The number of hydrogen-bond donors (Lipinski definition) is 2. The van der Waals surface area contributed by atoms with Crippen LogP contribution in [0.3, 0.4) is 0 Å². The molecule has 35 heavy (non-hydrogen) atoms. The van der Waals surface area contributed by atoms with Gasteiger partial charge in [0.15, 0.2) is 11.4 Å². The molecular weight excluding hydrogens is 480 g/mol. The zero-order valence-corrected chi connectivity index (χ0v) is 19.3. The third-order valence-electron chi connectivity index (χ3n) is 6.48. The normalized spacial score (nSPS) is 16.4. The lowest BCUT2D eigenvalue weighted by atomic mass is 10.0. The number of benzene rings is 2. The Kier molecular flexibility index (Phi) is 5.59. The van der Waals surface area contributed by atoms with Gasteiger partial charge in [-0.15, -0.1) is 0 Å². The Morgan fingerprint density at radius 1 is 1.20 bits per heavy atom. The number of halogens is 3. The first-order chi connectivity index (χ1) is 16.7. The molecule has 2 N–H and O–H groups in total. The molecule has 0 saturated heterocycles. The lowest BCUT2D eigenvalue weighted by Crippen LogP contribution is -2.44. The highest BCUT2D eigenvalue weighted by Gasteiger charge is 2.38. The van der Waals surface area contributed by atoms with Gasteiger partial charge < -0.3 is 19.9 Å². The quantitative estimate of drug-likeness (QED) is 0.572. The van der Waals surface area contributed by atoms with Crippen molar-refractivity contribution in [3.8, 4) is 5.75 Å². The zero-order chi connectivity index (χ0) is 25.0. The second kappa shape index (κ2) is 8.49. The van der Waals surface area contributed by atoms with Crippen LogP contribution < -0.4 is 15.6 Å². The fourth-order valence-electron chi connectivity index (χ4n) is 4.73. The van der Waals surface area contributed by atoms with Gasteiger partial charge in [-0.05, 0) is 61.2 Å². The summed E-state index contributed by atoms with van der Waals surface area (Å²) in [7, 11) is 0. The van der Waals surface area contributed by atoms with Crippen molar-refractivity contribution in [1.29, 1.82) is 0 Å². The minimum atomic E-state index is -1.04. The van der Waals surface area contributed by atoms with Gasteiger partial charge in [-0.1, -0.05) is 11.6 Å². The van der Waals surface area contributed by atoms with Crippen molar-refractivity contribution >= 4 is 29.1 Å². The Morgan fingerprint density at radius 3 is 2.63 bits per heavy atom. The molecule has 7 nitrogen and oxygen atoms in total. The third kappa shape index (κ3) is 3.85. The van der Waals surface area contributed by atoms with Crippen LogP contribution in [-0.2, 0) is 13.0 Å². The summed E-state index contributed by atoms with van der Waals surface area (Å²) < 4.78 is 29.7. The number of aryl methyl sites for hydroxylation is 2. The van der Waals surface area contributed by atoms with Crippen LogP contribution in [0, 0.1) is 18.6 Å². The van der Waals surface area contributed by atoms with Crippen LogP contribution in [0.1, 0.15) is 50.0 Å². The first-order valence-corrected chi connectivity index (χ1v) is 11.3. The first-order valence-electron chi connectivity index (χ1n) is 11.0. The maximum atomic E-state index is 14.1. The molecule has 3 aromatic rings. The van der Waals surface area contributed by atoms with E-state index in [1.807, 2.05) is 0 Å². The summed E-state index contributed by atoms with van der Waals surface area (Å²) in [6.07, 6.45) is 2.38. The van der Waals surface area contributed by atoms with E-state index >= 15 is 0 Å². The number of nitrogens with zero attached hydrogens (tertiary/aromatic N) is 2. The minimum Gasteiger partial charge on any atom is -0.503 e. The Hall–Kier alpha value is -3.72. The van der Waals surface area contributed by atoms with Crippen molar-refractivity contribution in [3.05, 3.63) is 91.4 Å². The molecule has 2 aromatic carbocycles. The summed E-state index contributed by atoms with van der Waals surface area (Å²) in [6.45, 7) is 1.32. The number of nitrogens with one attached hydrogen (secondary N) is 1. The highest BCUT2D eigenvalue weighted by molar-refractivity contribution is 6.30. The van der Waals surface area contributed by atoms with Gasteiger partial charge in [0.1, 0.15) is 17.2 Å². The number of aromatic hydroxyl groups is 1. The molecule has 2 amide bonds. The van der Waals surface area contributed by atoms with Crippen LogP contribution in [0.5, 0.6) is 5.75 Å². The standard InChI is InChI=1S/C25H20ClF2N3O4/c1-12-6-18(27)16(19(28)7-12)9-29-24(34)17-11-30-15-4-2-13-8-14(26)3-5-20(13)31(10-15)25(35)21(30)23(33)22(17)32/h3,5-8,11,15,33H,2,4,9-10H2,1H3,(H,29,34)/t15-/m1/s1. The molecule has 180 valence electrons. The number of carbonyl (C=O) groups excluding carboxylic acids is 2. The van der Waals surface area contributed by atoms with Gasteiger partial charge in [0.25, 0.3) is 11.8 Å². The number of rotatable bonds is 3. The molecular formula is C25H20ClF2N3O4. The fraction of sp³-hybridized carbons (Fsp3) is 0.240. The zero-order valence-electron chi connectivity index (χ0n) is 18.6. The van der Waals surface area contributed by atoms with E-state index < -0.39 is 46.7 Å². The Labute approximate surface area is 203 Å². The van der Waals surface area contributed by atoms with Gasteiger partial charge in [-0.3, -0.25) is 14.4 Å². The summed E-state index contributed by atoms with van der Waals surface area (Å²) in [5.74, 6) is -3.98. The van der Waals surface area contributed by atoms with Crippen LogP contribution in [0.15, 0.2) is 41.3 Å². The lowest BCUT2D eigenvalue weighted by molar-refractivity contribution is 0.0929. The number of amides is 2. The largest absolute Gasteiger partial charge is 0.503 e. The van der Waals surface area contributed by atoms with Gasteiger partial charge in [-0.25, -0.2) is 8.78 Å². The molecule has 5 rings (SSSR count). The molecule has 2 aliphatic rings. The predicted octanol–water partition coefficient (Wildman–Crippen LogP) is 3.87. The molecule has 0 fully saturated rings. The van der Waals surface area contributed by atoms with Gasteiger partial charge >= 0.3 is 0 Å². The van der Waals surface area contributed by atoms with Gasteiger partial charge in [0.05, 0.1) is 6.04 Å². The molecule has 0 unspecified atom stereocenters. The maximum Gasteiger partial charge on any atom is 0.279 e. The third-order valence-corrected chi connectivity index (χ3v) is 6.71. The van der Waals surface area contributed by atoms with E-state index in [1.54, 1.807) is 18.2 Å². The van der Waals surface area contributed by atoms with E-state index in [0.29, 0.717) is 29.1 Å². The maximum absolute atomic E-state index is 14.1. The molecule has 1 aromatic heterocycles. The molecule has 10 heteroatoms. The number of fused-ring (bicyclic) bond motifs is 6. The van der Waals surface area contributed by atoms with Crippen molar-refractivity contribution in [2.24, 2.45) is 0 Å². The molecule has 1 atom stereocenters. The molecule has 0 saturated carbocycles. The van der Waals surface area contributed by atoms with E-state index in [4.69, 9.17) is 11.6 Å². The van der Waals surface area contributed by atoms with Gasteiger partial charge in [-0.2, -0.15) is 0 Å². The van der Waals surface area contributed by atoms with Crippen molar-refractivity contribution in [2.75, 3.05) is 11.4 Å². The second-order valence-electron chi connectivity index (χ2n) is 8.75. The average molecular weight is 500 g/mol. The van der Waals surface area contributed by atoms with Gasteiger partial charge in [0, 0.05) is 35.6 Å². The second-order valence-corrected chi connectivity index (χ2v) is 9.18. The summed E-state index contributed by atoms with van der Waals surface area (Å²) in [6, 6.07) is 7.13. The van der Waals surface area contributed by atoms with Crippen molar-refractivity contribution < 1.29 is 23.5 Å². The molecule has 3 heterocycles. The van der Waals surface area contributed by atoms with Crippen LogP contribution in [0.4, 0.5) is 14.5 Å². The van der Waals surface area contributed by atoms with E-state index in [2.05, 4.69) is 5.32 Å².